The van der Waals surface area contributed by atoms with E-state index in [1.165, 1.54) is 18.2 Å². The minimum absolute atomic E-state index is 0.0848. The summed E-state index contributed by atoms with van der Waals surface area (Å²) in [6.07, 6.45) is 3.13. The minimum atomic E-state index is -0.307. The molecule has 0 fully saturated rings. The zero-order valence-electron chi connectivity index (χ0n) is 14.4. The number of carbonyl (C=O) groups excluding carboxylic acids is 1. The largest absolute Gasteiger partial charge is 0.378 e. The summed E-state index contributed by atoms with van der Waals surface area (Å²) >= 11 is 0. The Kier molecular flexibility index (Phi) is 6.13. The summed E-state index contributed by atoms with van der Waals surface area (Å²) in [5, 5.41) is 0. The number of carbonyl (C=O) groups is 1. The highest BCUT2D eigenvalue weighted by molar-refractivity contribution is 5.91. The van der Waals surface area contributed by atoms with E-state index in [0.29, 0.717) is 18.7 Å². The quantitative estimate of drug-likeness (QED) is 0.750. The number of rotatable bonds is 6. The van der Waals surface area contributed by atoms with E-state index >= 15 is 0 Å². The Morgan fingerprint density at radius 1 is 1.12 bits per heavy atom. The molecule has 126 valence electrons. The SMILES string of the molecule is CCN(Cc1ccc(N(C)C)cc1)C(=O)/C=C/c1cccc(F)c1. The van der Waals surface area contributed by atoms with Gasteiger partial charge in [0.15, 0.2) is 0 Å². The van der Waals surface area contributed by atoms with Crippen molar-refractivity contribution in [2.45, 2.75) is 13.5 Å². The molecule has 1 amide bonds. The van der Waals surface area contributed by atoms with Gasteiger partial charge in [-0.05, 0) is 48.4 Å². The molecule has 4 heteroatoms. The molecular weight excluding hydrogens is 303 g/mol. The van der Waals surface area contributed by atoms with Crippen LogP contribution in [0.4, 0.5) is 10.1 Å². The van der Waals surface area contributed by atoms with Crippen molar-refractivity contribution < 1.29 is 9.18 Å². The predicted octanol–water partition coefficient (Wildman–Crippen LogP) is 3.95. The van der Waals surface area contributed by atoms with E-state index in [-0.39, 0.29) is 11.7 Å². The Morgan fingerprint density at radius 3 is 2.42 bits per heavy atom. The molecule has 0 saturated carbocycles. The van der Waals surface area contributed by atoms with Crippen LogP contribution in [0.25, 0.3) is 6.08 Å². The maximum absolute atomic E-state index is 13.2. The van der Waals surface area contributed by atoms with Crippen molar-refractivity contribution in [3.63, 3.8) is 0 Å². The monoisotopic (exact) mass is 326 g/mol. The van der Waals surface area contributed by atoms with Crippen molar-refractivity contribution in [1.82, 2.24) is 4.90 Å². The van der Waals surface area contributed by atoms with E-state index in [2.05, 4.69) is 0 Å². The summed E-state index contributed by atoms with van der Waals surface area (Å²) in [6.45, 7) is 3.11. The molecule has 0 bridgehead atoms. The van der Waals surface area contributed by atoms with Crippen molar-refractivity contribution in [3.8, 4) is 0 Å². The predicted molar refractivity (Wildman–Crippen MR) is 97.3 cm³/mol. The molecule has 0 aliphatic heterocycles. The maximum atomic E-state index is 13.2. The van der Waals surface area contributed by atoms with Gasteiger partial charge in [-0.3, -0.25) is 4.79 Å². The van der Waals surface area contributed by atoms with Crippen molar-refractivity contribution in [2.75, 3.05) is 25.5 Å². The van der Waals surface area contributed by atoms with Crippen LogP contribution in [-0.2, 0) is 11.3 Å². The number of halogens is 1. The van der Waals surface area contributed by atoms with Crippen molar-refractivity contribution in [3.05, 3.63) is 71.6 Å². The van der Waals surface area contributed by atoms with Crippen LogP contribution in [0, 0.1) is 5.82 Å². The standard InChI is InChI=1S/C20H23FN2O/c1-4-23(15-17-8-11-19(12-9-17)22(2)3)20(24)13-10-16-6-5-7-18(21)14-16/h5-14H,4,15H2,1-3H3/b13-10+. The van der Waals surface area contributed by atoms with Gasteiger partial charge in [0.05, 0.1) is 0 Å². The zero-order chi connectivity index (χ0) is 17.5. The van der Waals surface area contributed by atoms with Gasteiger partial charge < -0.3 is 9.80 Å². The van der Waals surface area contributed by atoms with Gasteiger partial charge in [-0.15, -0.1) is 0 Å². The van der Waals surface area contributed by atoms with E-state index < -0.39 is 0 Å². The summed E-state index contributed by atoms with van der Waals surface area (Å²) in [5.41, 5.74) is 2.88. The number of amides is 1. The molecule has 0 spiro atoms. The van der Waals surface area contributed by atoms with E-state index in [9.17, 15) is 9.18 Å². The Hall–Kier alpha value is -2.62. The third-order valence-corrected chi connectivity index (χ3v) is 3.79. The third kappa shape index (κ3) is 4.95. The van der Waals surface area contributed by atoms with E-state index in [4.69, 9.17) is 0 Å². The number of anilines is 1. The fourth-order valence-electron chi connectivity index (χ4n) is 2.35. The summed E-state index contributed by atoms with van der Waals surface area (Å²) in [7, 11) is 3.99. The highest BCUT2D eigenvalue weighted by Gasteiger charge is 2.09. The fraction of sp³-hybridized carbons (Fsp3) is 0.250. The van der Waals surface area contributed by atoms with Gasteiger partial charge in [0.2, 0.25) is 5.91 Å². The van der Waals surface area contributed by atoms with E-state index in [0.717, 1.165) is 11.3 Å². The highest BCUT2D eigenvalue weighted by atomic mass is 19.1. The van der Waals surface area contributed by atoms with Crippen LogP contribution < -0.4 is 4.90 Å². The molecule has 0 aromatic heterocycles. The van der Waals surface area contributed by atoms with E-state index in [1.54, 1.807) is 23.1 Å². The Bertz CT molecular complexity index is 708. The number of hydrogen-bond donors (Lipinski definition) is 0. The van der Waals surface area contributed by atoms with Gasteiger partial charge in [0.1, 0.15) is 5.82 Å². The first-order chi connectivity index (χ1) is 11.5. The van der Waals surface area contributed by atoms with Crippen molar-refractivity contribution in [2.24, 2.45) is 0 Å². The first-order valence-corrected chi connectivity index (χ1v) is 7.98. The smallest absolute Gasteiger partial charge is 0.246 e. The summed E-state index contributed by atoms with van der Waals surface area (Å²) in [6, 6.07) is 14.3. The number of likely N-dealkylation sites (N-methyl/N-ethyl adjacent to an activating group) is 1. The van der Waals surface area contributed by atoms with Gasteiger partial charge >= 0.3 is 0 Å². The number of hydrogen-bond acceptors (Lipinski definition) is 2. The topological polar surface area (TPSA) is 23.6 Å². The lowest BCUT2D eigenvalue weighted by molar-refractivity contribution is -0.126. The summed E-state index contributed by atoms with van der Waals surface area (Å²) < 4.78 is 13.2. The van der Waals surface area contributed by atoms with E-state index in [1.807, 2.05) is 50.2 Å². The molecule has 0 N–H and O–H groups in total. The highest BCUT2D eigenvalue weighted by Crippen LogP contribution is 2.14. The molecule has 0 aliphatic rings. The first-order valence-electron chi connectivity index (χ1n) is 7.98. The van der Waals surface area contributed by atoms with Crippen LogP contribution in [0.1, 0.15) is 18.1 Å². The average Bonchev–Trinajstić information content (AvgIpc) is 2.58. The third-order valence-electron chi connectivity index (χ3n) is 3.79. The fourth-order valence-corrected chi connectivity index (χ4v) is 2.35. The van der Waals surface area contributed by atoms with Crippen LogP contribution in [0.15, 0.2) is 54.6 Å². The first kappa shape index (κ1) is 17.7. The second-order valence-electron chi connectivity index (χ2n) is 5.80. The Labute approximate surface area is 143 Å². The molecule has 0 atom stereocenters. The van der Waals surface area contributed by atoms with Gasteiger partial charge in [-0.1, -0.05) is 24.3 Å². The average molecular weight is 326 g/mol. The maximum Gasteiger partial charge on any atom is 0.246 e. The lowest BCUT2D eigenvalue weighted by Crippen LogP contribution is -2.28. The zero-order valence-corrected chi connectivity index (χ0v) is 14.4. The van der Waals surface area contributed by atoms with Crippen LogP contribution >= 0.6 is 0 Å². The molecule has 2 aromatic rings. The molecule has 0 heterocycles. The molecule has 0 unspecified atom stereocenters. The van der Waals surface area contributed by atoms with Crippen LogP contribution in [0.3, 0.4) is 0 Å². The molecular formula is C20H23FN2O. The molecule has 0 saturated heterocycles. The molecule has 2 aromatic carbocycles. The van der Waals surface area contributed by atoms with Crippen molar-refractivity contribution >= 4 is 17.7 Å². The van der Waals surface area contributed by atoms with Gasteiger partial charge in [0.25, 0.3) is 0 Å². The molecule has 0 radical (unpaired) electrons. The Balaban J connectivity index is 2.03. The van der Waals surface area contributed by atoms with Gasteiger partial charge in [-0.25, -0.2) is 4.39 Å². The lowest BCUT2D eigenvalue weighted by atomic mass is 10.1. The minimum Gasteiger partial charge on any atom is -0.378 e. The lowest BCUT2D eigenvalue weighted by Gasteiger charge is -2.20. The Morgan fingerprint density at radius 2 is 1.83 bits per heavy atom. The molecule has 3 nitrogen and oxygen atoms in total. The molecule has 2 rings (SSSR count). The van der Waals surface area contributed by atoms with Crippen LogP contribution in [-0.4, -0.2) is 31.4 Å². The van der Waals surface area contributed by atoms with Crippen LogP contribution in [0.5, 0.6) is 0 Å². The van der Waals surface area contributed by atoms with Crippen molar-refractivity contribution in [1.29, 1.82) is 0 Å². The van der Waals surface area contributed by atoms with Gasteiger partial charge in [-0.2, -0.15) is 0 Å². The second kappa shape index (κ2) is 8.29. The second-order valence-corrected chi connectivity index (χ2v) is 5.80. The molecule has 0 aliphatic carbocycles. The molecule has 24 heavy (non-hydrogen) atoms. The van der Waals surface area contributed by atoms with Gasteiger partial charge in [0, 0.05) is 38.9 Å². The van der Waals surface area contributed by atoms with Crippen LogP contribution in [0.2, 0.25) is 0 Å². The summed E-state index contributed by atoms with van der Waals surface area (Å²) in [5.74, 6) is -0.392. The number of benzene rings is 2. The summed E-state index contributed by atoms with van der Waals surface area (Å²) in [4.78, 5) is 16.1. The normalized spacial score (nSPS) is 10.8. The number of nitrogens with zero attached hydrogens (tertiary/aromatic N) is 2.